The molecule has 0 heterocycles. The molecule has 0 bridgehead atoms. The van der Waals surface area contributed by atoms with Crippen molar-refractivity contribution in [3.63, 3.8) is 0 Å². The van der Waals surface area contributed by atoms with Crippen LogP contribution in [-0.4, -0.2) is 18.9 Å². The molecule has 0 saturated carbocycles. The Kier molecular flexibility index (Phi) is 8.24. The summed E-state index contributed by atoms with van der Waals surface area (Å²) in [6.07, 6.45) is 6.89. The fraction of sp³-hybridized carbons (Fsp3) is 0.310. The molecule has 0 radical (unpaired) electrons. The van der Waals surface area contributed by atoms with Crippen LogP contribution in [0.3, 0.4) is 0 Å². The molecule has 31 heavy (non-hydrogen) atoms. The van der Waals surface area contributed by atoms with Crippen molar-refractivity contribution in [2.24, 2.45) is 0 Å². The highest BCUT2D eigenvalue weighted by atomic mass is 31.2. The van der Waals surface area contributed by atoms with Gasteiger partial charge >= 0.3 is 0 Å². The third kappa shape index (κ3) is 5.94. The minimum absolute atomic E-state index is 0.0465. The van der Waals surface area contributed by atoms with Gasteiger partial charge in [-0.2, -0.15) is 0 Å². The molecule has 0 aromatic heterocycles. The van der Waals surface area contributed by atoms with E-state index in [-0.39, 0.29) is 5.60 Å². The minimum atomic E-state index is -1.78. The summed E-state index contributed by atoms with van der Waals surface area (Å²) in [5, 5.41) is 4.32. The van der Waals surface area contributed by atoms with Crippen molar-refractivity contribution >= 4 is 23.2 Å². The SMILES string of the molecule is COC(C)(C)CCC/C(C)=C/C[P+](c1ccccc1)(c1ccccc1)c1ccccc1. The Bertz CT molecular complexity index is 849. The van der Waals surface area contributed by atoms with Crippen LogP contribution in [0.1, 0.15) is 40.0 Å². The molecule has 1 nitrogen and oxygen atoms in total. The van der Waals surface area contributed by atoms with E-state index in [1.807, 2.05) is 0 Å². The molecule has 3 rings (SSSR count). The van der Waals surface area contributed by atoms with E-state index in [2.05, 4.69) is 118 Å². The Morgan fingerprint density at radius 3 is 1.58 bits per heavy atom. The van der Waals surface area contributed by atoms with Gasteiger partial charge in [0.1, 0.15) is 23.2 Å². The van der Waals surface area contributed by atoms with Crippen molar-refractivity contribution in [3.05, 3.63) is 103 Å². The standard InChI is InChI=1S/C29H36OP/c1-25(15-14-23-29(2,3)30-4)22-24-31(26-16-8-5-9-17-26,27-18-10-6-11-19-27)28-20-12-7-13-21-28/h5-13,16-22H,14-15,23-24H2,1-4H3/q+1/b25-22+. The van der Waals surface area contributed by atoms with E-state index in [1.54, 1.807) is 7.11 Å². The zero-order chi connectivity index (χ0) is 22.2. The number of ether oxygens (including phenoxy) is 1. The summed E-state index contributed by atoms with van der Waals surface area (Å²) in [5.41, 5.74) is 1.42. The maximum atomic E-state index is 5.59. The molecule has 0 saturated heterocycles. The summed E-state index contributed by atoms with van der Waals surface area (Å²) in [4.78, 5) is 0. The van der Waals surface area contributed by atoms with Crippen molar-refractivity contribution < 1.29 is 4.74 Å². The van der Waals surface area contributed by atoms with Gasteiger partial charge in [-0.15, -0.1) is 0 Å². The lowest BCUT2D eigenvalue weighted by atomic mass is 9.99. The van der Waals surface area contributed by atoms with E-state index in [1.165, 1.54) is 21.5 Å². The van der Waals surface area contributed by atoms with Crippen molar-refractivity contribution in [2.75, 3.05) is 13.3 Å². The summed E-state index contributed by atoms with van der Waals surface area (Å²) in [6.45, 7) is 6.63. The predicted molar refractivity (Wildman–Crippen MR) is 139 cm³/mol. The Morgan fingerprint density at radius 1 is 0.774 bits per heavy atom. The molecule has 2 heteroatoms. The zero-order valence-electron chi connectivity index (χ0n) is 19.4. The number of hydrogen-bond acceptors (Lipinski definition) is 1. The van der Waals surface area contributed by atoms with Crippen LogP contribution >= 0.6 is 7.26 Å². The maximum Gasteiger partial charge on any atom is 0.115 e. The van der Waals surface area contributed by atoms with Crippen LogP contribution in [0.2, 0.25) is 0 Å². The lowest BCUT2D eigenvalue weighted by Crippen LogP contribution is -2.33. The first-order valence-corrected chi connectivity index (χ1v) is 13.2. The molecule has 162 valence electrons. The monoisotopic (exact) mass is 431 g/mol. The van der Waals surface area contributed by atoms with Crippen LogP contribution in [0.5, 0.6) is 0 Å². The van der Waals surface area contributed by atoms with E-state index < -0.39 is 7.26 Å². The molecule has 0 unspecified atom stereocenters. The van der Waals surface area contributed by atoms with Gasteiger partial charge in [0.2, 0.25) is 0 Å². The van der Waals surface area contributed by atoms with Gasteiger partial charge in [0.15, 0.2) is 0 Å². The largest absolute Gasteiger partial charge is 0.379 e. The molecule has 3 aromatic carbocycles. The molecule has 0 aliphatic rings. The van der Waals surface area contributed by atoms with Crippen LogP contribution in [0.25, 0.3) is 0 Å². The average molecular weight is 432 g/mol. The van der Waals surface area contributed by atoms with Gasteiger partial charge in [-0.25, -0.2) is 0 Å². The van der Waals surface area contributed by atoms with E-state index in [0.29, 0.717) is 0 Å². The molecule has 0 aliphatic carbocycles. The summed E-state index contributed by atoms with van der Waals surface area (Å²) >= 11 is 0. The first kappa shape index (κ1) is 23.5. The smallest absolute Gasteiger partial charge is 0.115 e. The predicted octanol–water partition coefficient (Wildman–Crippen LogP) is 6.52. The van der Waals surface area contributed by atoms with Crippen molar-refractivity contribution in [1.29, 1.82) is 0 Å². The van der Waals surface area contributed by atoms with Crippen LogP contribution in [0.4, 0.5) is 0 Å². The topological polar surface area (TPSA) is 9.23 Å². The number of rotatable bonds is 10. The summed E-state index contributed by atoms with van der Waals surface area (Å²) in [6, 6.07) is 33.3. The average Bonchev–Trinajstić information content (AvgIpc) is 2.81. The first-order chi connectivity index (χ1) is 15.0. The molecule has 0 N–H and O–H groups in total. The van der Waals surface area contributed by atoms with E-state index in [4.69, 9.17) is 4.74 Å². The maximum absolute atomic E-state index is 5.59. The molecule has 0 atom stereocenters. The summed E-state index contributed by atoms with van der Waals surface area (Å²) in [7, 11) is 0.0280. The minimum Gasteiger partial charge on any atom is -0.379 e. The van der Waals surface area contributed by atoms with E-state index in [0.717, 1.165) is 25.4 Å². The fourth-order valence-electron chi connectivity index (χ4n) is 4.10. The Morgan fingerprint density at radius 2 is 1.19 bits per heavy atom. The van der Waals surface area contributed by atoms with Gasteiger partial charge in [0, 0.05) is 7.11 Å². The van der Waals surface area contributed by atoms with Gasteiger partial charge in [-0.3, -0.25) is 0 Å². The first-order valence-electron chi connectivity index (χ1n) is 11.2. The van der Waals surface area contributed by atoms with E-state index >= 15 is 0 Å². The van der Waals surface area contributed by atoms with Crippen molar-refractivity contribution in [2.45, 2.75) is 45.6 Å². The lowest BCUT2D eigenvalue weighted by Gasteiger charge is -2.27. The number of hydrogen-bond donors (Lipinski definition) is 0. The zero-order valence-corrected chi connectivity index (χ0v) is 20.3. The summed E-state index contributed by atoms with van der Waals surface area (Å²) < 4.78 is 5.59. The van der Waals surface area contributed by atoms with Gasteiger partial charge < -0.3 is 4.74 Å². The van der Waals surface area contributed by atoms with E-state index in [9.17, 15) is 0 Å². The highest BCUT2D eigenvalue weighted by molar-refractivity contribution is 7.95. The highest BCUT2D eigenvalue weighted by Crippen LogP contribution is 2.55. The molecule has 0 spiro atoms. The molecular weight excluding hydrogens is 395 g/mol. The number of benzene rings is 3. The van der Waals surface area contributed by atoms with Gasteiger partial charge in [0.25, 0.3) is 0 Å². The second kappa shape index (κ2) is 10.9. The second-order valence-electron chi connectivity index (χ2n) is 8.87. The van der Waals surface area contributed by atoms with Gasteiger partial charge in [-0.05, 0) is 82.5 Å². The van der Waals surface area contributed by atoms with Crippen molar-refractivity contribution in [3.8, 4) is 0 Å². The number of allylic oxidation sites excluding steroid dienone is 2. The fourth-order valence-corrected chi connectivity index (χ4v) is 8.26. The molecule has 0 fully saturated rings. The Labute approximate surface area is 189 Å². The second-order valence-corrected chi connectivity index (χ2v) is 12.4. The Balaban J connectivity index is 1.98. The highest BCUT2D eigenvalue weighted by Gasteiger charge is 2.44. The van der Waals surface area contributed by atoms with Crippen LogP contribution < -0.4 is 15.9 Å². The molecule has 3 aromatic rings. The van der Waals surface area contributed by atoms with Gasteiger partial charge in [0.05, 0.1) is 11.8 Å². The third-order valence-electron chi connectivity index (χ3n) is 6.21. The number of methoxy groups -OCH3 is 1. The van der Waals surface area contributed by atoms with Gasteiger partial charge in [-0.1, -0.05) is 60.2 Å². The summed E-state index contributed by atoms with van der Waals surface area (Å²) in [5.74, 6) is 0. The molecular formula is C29H36OP+. The Hall–Kier alpha value is -2.21. The normalized spacial score (nSPS) is 12.7. The molecule has 0 aliphatic heterocycles. The third-order valence-corrected chi connectivity index (χ3v) is 10.5. The van der Waals surface area contributed by atoms with Crippen LogP contribution in [0, 0.1) is 0 Å². The lowest BCUT2D eigenvalue weighted by molar-refractivity contribution is 0.0140. The van der Waals surface area contributed by atoms with Crippen molar-refractivity contribution in [1.82, 2.24) is 0 Å². The van der Waals surface area contributed by atoms with Crippen LogP contribution in [0.15, 0.2) is 103 Å². The molecule has 0 amide bonds. The van der Waals surface area contributed by atoms with Crippen LogP contribution in [-0.2, 0) is 4.74 Å². The quantitative estimate of drug-likeness (QED) is 0.262.